The first-order valence-electron chi connectivity index (χ1n) is 7.36. The summed E-state index contributed by atoms with van der Waals surface area (Å²) < 4.78 is 20.0. The molecule has 0 aliphatic carbocycles. The fourth-order valence-electron chi connectivity index (χ4n) is 2.27. The Balaban J connectivity index is 1.80. The van der Waals surface area contributed by atoms with E-state index < -0.39 is 11.8 Å². The van der Waals surface area contributed by atoms with E-state index in [4.69, 9.17) is 4.74 Å². The van der Waals surface area contributed by atoms with E-state index >= 15 is 0 Å². The zero-order valence-corrected chi connectivity index (χ0v) is 13.2. The van der Waals surface area contributed by atoms with Crippen LogP contribution in [0.4, 0.5) is 4.39 Å². The summed E-state index contributed by atoms with van der Waals surface area (Å²) in [6, 6.07) is 9.00. The number of ether oxygens (including phenoxy) is 1. The Labute approximate surface area is 137 Å². The Hall–Kier alpha value is -3.02. The van der Waals surface area contributed by atoms with Crippen molar-refractivity contribution in [2.24, 2.45) is 0 Å². The Morgan fingerprint density at radius 2 is 2.00 bits per heavy atom. The molecule has 0 radical (unpaired) electrons. The number of nitrogens with zero attached hydrogens (tertiary/aromatic N) is 2. The van der Waals surface area contributed by atoms with Gasteiger partial charge in [0.1, 0.15) is 18.1 Å². The average Bonchev–Trinajstić information content (AvgIpc) is 2.56. The SMILES string of the molecule is Cc1ccc2nc(COC(=O)c3ccc(C)c(F)c3)cc(=O)n2c1. The molecule has 0 saturated carbocycles. The minimum Gasteiger partial charge on any atom is -0.456 e. The number of carbonyl (C=O) groups is 1. The number of aromatic nitrogens is 2. The summed E-state index contributed by atoms with van der Waals surface area (Å²) in [5, 5.41) is 0. The third kappa shape index (κ3) is 3.17. The number of fused-ring (bicyclic) bond motifs is 1. The summed E-state index contributed by atoms with van der Waals surface area (Å²) in [5.41, 5.74) is 2.06. The van der Waals surface area contributed by atoms with Crippen molar-refractivity contribution in [3.63, 3.8) is 0 Å². The molecule has 0 atom stereocenters. The van der Waals surface area contributed by atoms with Crippen LogP contribution < -0.4 is 5.56 Å². The van der Waals surface area contributed by atoms with Crippen LogP contribution in [0.25, 0.3) is 5.65 Å². The number of halogens is 1. The average molecular weight is 326 g/mol. The van der Waals surface area contributed by atoms with Crippen molar-refractivity contribution >= 4 is 11.6 Å². The maximum absolute atomic E-state index is 13.5. The first kappa shape index (κ1) is 15.9. The molecule has 3 aromatic rings. The third-order valence-corrected chi connectivity index (χ3v) is 3.62. The van der Waals surface area contributed by atoms with Crippen LogP contribution in [-0.2, 0) is 11.3 Å². The van der Waals surface area contributed by atoms with Crippen molar-refractivity contribution in [3.8, 4) is 0 Å². The lowest BCUT2D eigenvalue weighted by Gasteiger charge is -2.07. The summed E-state index contributed by atoms with van der Waals surface area (Å²) in [4.78, 5) is 28.3. The molecule has 0 saturated heterocycles. The van der Waals surface area contributed by atoms with E-state index in [9.17, 15) is 14.0 Å². The van der Waals surface area contributed by atoms with Crippen LogP contribution in [0, 0.1) is 19.7 Å². The Kier molecular flexibility index (Phi) is 4.12. The molecular formula is C18H15FN2O3. The Morgan fingerprint density at radius 1 is 1.21 bits per heavy atom. The fraction of sp³-hybridized carbons (Fsp3) is 0.167. The number of rotatable bonds is 3. The van der Waals surface area contributed by atoms with E-state index in [0.717, 1.165) is 11.6 Å². The van der Waals surface area contributed by atoms with Gasteiger partial charge in [-0.2, -0.15) is 0 Å². The number of esters is 1. The standard InChI is InChI=1S/C18H15FN2O3/c1-11-3-6-16-20-14(8-17(22)21(16)9-11)10-24-18(23)13-5-4-12(2)15(19)7-13/h3-9H,10H2,1-2H3. The monoisotopic (exact) mass is 326 g/mol. The van der Waals surface area contributed by atoms with Crippen molar-refractivity contribution in [1.82, 2.24) is 9.38 Å². The zero-order chi connectivity index (χ0) is 17.3. The van der Waals surface area contributed by atoms with Crippen molar-refractivity contribution in [3.05, 3.63) is 81.2 Å². The predicted molar refractivity (Wildman–Crippen MR) is 86.5 cm³/mol. The fourth-order valence-corrected chi connectivity index (χ4v) is 2.27. The second kappa shape index (κ2) is 6.23. The summed E-state index contributed by atoms with van der Waals surface area (Å²) in [6.07, 6.45) is 1.69. The van der Waals surface area contributed by atoms with Gasteiger partial charge in [0, 0.05) is 12.3 Å². The van der Waals surface area contributed by atoms with E-state index in [1.165, 1.54) is 22.6 Å². The summed E-state index contributed by atoms with van der Waals surface area (Å²) in [5.74, 6) is -1.14. The lowest BCUT2D eigenvalue weighted by atomic mass is 10.1. The van der Waals surface area contributed by atoms with Crippen LogP contribution in [0.2, 0.25) is 0 Å². The molecular weight excluding hydrogens is 311 g/mol. The highest BCUT2D eigenvalue weighted by Crippen LogP contribution is 2.11. The van der Waals surface area contributed by atoms with Crippen molar-refractivity contribution in [1.29, 1.82) is 0 Å². The molecule has 6 heteroatoms. The van der Waals surface area contributed by atoms with E-state index in [1.807, 2.05) is 13.0 Å². The molecule has 0 N–H and O–H groups in total. The molecule has 2 heterocycles. The predicted octanol–water partition coefficient (Wildman–Crippen LogP) is 2.81. The molecule has 0 spiro atoms. The maximum Gasteiger partial charge on any atom is 0.338 e. The molecule has 24 heavy (non-hydrogen) atoms. The molecule has 5 nitrogen and oxygen atoms in total. The quantitative estimate of drug-likeness (QED) is 0.695. The highest BCUT2D eigenvalue weighted by Gasteiger charge is 2.11. The number of pyridine rings is 1. The lowest BCUT2D eigenvalue weighted by molar-refractivity contribution is 0.0467. The highest BCUT2D eigenvalue weighted by atomic mass is 19.1. The topological polar surface area (TPSA) is 60.7 Å². The minimum atomic E-state index is -0.667. The molecule has 2 aromatic heterocycles. The van der Waals surface area contributed by atoms with Gasteiger partial charge in [0.15, 0.2) is 0 Å². The first-order chi connectivity index (χ1) is 11.4. The van der Waals surface area contributed by atoms with Gasteiger partial charge in [0.2, 0.25) is 0 Å². The van der Waals surface area contributed by atoms with Crippen LogP contribution in [-0.4, -0.2) is 15.4 Å². The zero-order valence-electron chi connectivity index (χ0n) is 13.2. The van der Waals surface area contributed by atoms with Crippen LogP contribution in [0.1, 0.15) is 27.2 Å². The summed E-state index contributed by atoms with van der Waals surface area (Å²) >= 11 is 0. The van der Waals surface area contributed by atoms with Gasteiger partial charge < -0.3 is 4.74 Å². The number of hydrogen-bond donors (Lipinski definition) is 0. The molecule has 0 fully saturated rings. The second-order valence-corrected chi connectivity index (χ2v) is 5.56. The second-order valence-electron chi connectivity index (χ2n) is 5.56. The third-order valence-electron chi connectivity index (χ3n) is 3.62. The number of benzene rings is 1. The molecule has 3 rings (SSSR count). The molecule has 0 bridgehead atoms. The van der Waals surface area contributed by atoms with Crippen LogP contribution >= 0.6 is 0 Å². The highest BCUT2D eigenvalue weighted by molar-refractivity contribution is 5.89. The molecule has 0 unspecified atom stereocenters. The van der Waals surface area contributed by atoms with Crippen LogP contribution in [0.5, 0.6) is 0 Å². The van der Waals surface area contributed by atoms with Crippen molar-refractivity contribution in [2.75, 3.05) is 0 Å². The van der Waals surface area contributed by atoms with E-state index in [2.05, 4.69) is 4.98 Å². The maximum atomic E-state index is 13.5. The lowest BCUT2D eigenvalue weighted by Crippen LogP contribution is -2.17. The van der Waals surface area contributed by atoms with E-state index in [0.29, 0.717) is 16.9 Å². The van der Waals surface area contributed by atoms with E-state index in [-0.39, 0.29) is 17.7 Å². The molecule has 1 aromatic carbocycles. The normalized spacial score (nSPS) is 10.8. The largest absolute Gasteiger partial charge is 0.456 e. The van der Waals surface area contributed by atoms with Gasteiger partial charge in [-0.05, 0) is 43.2 Å². The summed E-state index contributed by atoms with van der Waals surface area (Å²) in [6.45, 7) is 3.33. The first-order valence-corrected chi connectivity index (χ1v) is 7.36. The minimum absolute atomic E-state index is 0.117. The van der Waals surface area contributed by atoms with Gasteiger partial charge in [-0.1, -0.05) is 12.1 Å². The van der Waals surface area contributed by atoms with Crippen molar-refractivity contribution < 1.29 is 13.9 Å². The van der Waals surface area contributed by atoms with Gasteiger partial charge in [0.25, 0.3) is 5.56 Å². The molecule has 122 valence electrons. The van der Waals surface area contributed by atoms with Gasteiger partial charge in [0.05, 0.1) is 11.3 Å². The summed E-state index contributed by atoms with van der Waals surface area (Å²) in [7, 11) is 0. The van der Waals surface area contributed by atoms with Gasteiger partial charge >= 0.3 is 5.97 Å². The smallest absolute Gasteiger partial charge is 0.338 e. The van der Waals surface area contributed by atoms with E-state index in [1.54, 1.807) is 19.2 Å². The number of aryl methyl sites for hydroxylation is 2. The Morgan fingerprint density at radius 3 is 2.75 bits per heavy atom. The van der Waals surface area contributed by atoms with Gasteiger partial charge in [-0.25, -0.2) is 14.2 Å². The van der Waals surface area contributed by atoms with Gasteiger partial charge in [-0.3, -0.25) is 9.20 Å². The van der Waals surface area contributed by atoms with Crippen LogP contribution in [0.3, 0.4) is 0 Å². The molecule has 0 aliphatic heterocycles. The molecule has 0 amide bonds. The van der Waals surface area contributed by atoms with Crippen molar-refractivity contribution in [2.45, 2.75) is 20.5 Å². The van der Waals surface area contributed by atoms with Gasteiger partial charge in [-0.15, -0.1) is 0 Å². The van der Waals surface area contributed by atoms with Crippen LogP contribution in [0.15, 0.2) is 47.4 Å². The number of carbonyl (C=O) groups excluding carboxylic acids is 1. The molecule has 0 aliphatic rings. The number of hydrogen-bond acceptors (Lipinski definition) is 4. The Bertz CT molecular complexity index is 995.